The standard InChI is InChI=1S/C24H19N3O3/c1-24(19-12-11-16-7-5-6-10-18(16)13-19)22(28)27(23(29)26-24)15-21-25-14-20(30-21)17-8-3-2-4-9-17/h2-14H,15H2,1H3,(H,26,29). The third kappa shape index (κ3) is 2.93. The van der Waals surface area contributed by atoms with Gasteiger partial charge < -0.3 is 9.73 Å². The Bertz CT molecular complexity index is 1260. The zero-order valence-corrected chi connectivity index (χ0v) is 16.3. The van der Waals surface area contributed by atoms with E-state index in [1.165, 1.54) is 0 Å². The smallest absolute Gasteiger partial charge is 0.325 e. The molecule has 6 nitrogen and oxygen atoms in total. The fraction of sp³-hybridized carbons (Fsp3) is 0.125. The van der Waals surface area contributed by atoms with Crippen LogP contribution in [0.3, 0.4) is 0 Å². The molecule has 148 valence electrons. The topological polar surface area (TPSA) is 75.4 Å². The van der Waals surface area contributed by atoms with E-state index < -0.39 is 11.6 Å². The molecule has 1 saturated heterocycles. The highest BCUT2D eigenvalue weighted by Crippen LogP contribution is 2.32. The van der Waals surface area contributed by atoms with E-state index in [9.17, 15) is 9.59 Å². The number of oxazole rings is 1. The predicted molar refractivity (Wildman–Crippen MR) is 112 cm³/mol. The molecule has 1 atom stereocenters. The van der Waals surface area contributed by atoms with Crippen LogP contribution in [0.5, 0.6) is 0 Å². The lowest BCUT2D eigenvalue weighted by molar-refractivity contribution is -0.131. The Morgan fingerprint density at radius 3 is 2.50 bits per heavy atom. The van der Waals surface area contributed by atoms with Gasteiger partial charge >= 0.3 is 6.03 Å². The zero-order chi connectivity index (χ0) is 20.7. The number of nitrogens with zero attached hydrogens (tertiary/aromatic N) is 2. The number of carbonyl (C=O) groups is 2. The van der Waals surface area contributed by atoms with Gasteiger partial charge in [-0.2, -0.15) is 0 Å². The fourth-order valence-corrected chi connectivity index (χ4v) is 3.79. The van der Waals surface area contributed by atoms with Crippen molar-refractivity contribution < 1.29 is 14.0 Å². The summed E-state index contributed by atoms with van der Waals surface area (Å²) in [5.41, 5.74) is 0.476. The van der Waals surface area contributed by atoms with Crippen LogP contribution in [0.2, 0.25) is 0 Å². The van der Waals surface area contributed by atoms with Crippen LogP contribution in [0.15, 0.2) is 83.4 Å². The average molecular weight is 397 g/mol. The summed E-state index contributed by atoms with van der Waals surface area (Å²) in [5.74, 6) is 0.567. The van der Waals surface area contributed by atoms with Gasteiger partial charge in [-0.05, 0) is 29.3 Å². The third-order valence-electron chi connectivity index (χ3n) is 5.51. The molecule has 0 saturated carbocycles. The first-order chi connectivity index (χ1) is 14.5. The molecule has 30 heavy (non-hydrogen) atoms. The number of nitrogens with one attached hydrogen (secondary N) is 1. The third-order valence-corrected chi connectivity index (χ3v) is 5.51. The highest BCUT2D eigenvalue weighted by atomic mass is 16.4. The molecule has 0 bridgehead atoms. The highest BCUT2D eigenvalue weighted by Gasteiger charge is 2.49. The molecule has 6 heteroatoms. The van der Waals surface area contributed by atoms with Crippen molar-refractivity contribution in [1.29, 1.82) is 0 Å². The Kier molecular flexibility index (Phi) is 4.13. The van der Waals surface area contributed by atoms with Crippen molar-refractivity contribution >= 4 is 22.7 Å². The molecule has 1 aliphatic rings. The van der Waals surface area contributed by atoms with Gasteiger partial charge in [0.25, 0.3) is 5.91 Å². The lowest BCUT2D eigenvalue weighted by Gasteiger charge is -2.22. The number of rotatable bonds is 4. The maximum absolute atomic E-state index is 13.2. The number of hydrogen-bond donors (Lipinski definition) is 1. The number of fused-ring (bicyclic) bond motifs is 1. The number of imide groups is 1. The number of amides is 3. The molecule has 3 aromatic carbocycles. The normalized spacial score (nSPS) is 18.8. The summed E-state index contributed by atoms with van der Waals surface area (Å²) >= 11 is 0. The average Bonchev–Trinajstić information content (AvgIpc) is 3.33. The van der Waals surface area contributed by atoms with Crippen LogP contribution in [0.4, 0.5) is 4.79 Å². The zero-order valence-electron chi connectivity index (χ0n) is 16.3. The maximum atomic E-state index is 13.2. The fourth-order valence-electron chi connectivity index (χ4n) is 3.79. The second-order valence-electron chi connectivity index (χ2n) is 7.49. The van der Waals surface area contributed by atoms with Crippen LogP contribution in [0.1, 0.15) is 18.4 Å². The first kappa shape index (κ1) is 18.1. The van der Waals surface area contributed by atoms with Crippen molar-refractivity contribution in [1.82, 2.24) is 15.2 Å². The number of urea groups is 1. The molecule has 4 aromatic rings. The van der Waals surface area contributed by atoms with Gasteiger partial charge in [0.15, 0.2) is 5.76 Å². The number of carbonyl (C=O) groups excluding carboxylic acids is 2. The van der Waals surface area contributed by atoms with Crippen LogP contribution >= 0.6 is 0 Å². The maximum Gasteiger partial charge on any atom is 0.325 e. The van der Waals surface area contributed by atoms with Crippen LogP contribution in [0.25, 0.3) is 22.1 Å². The number of benzene rings is 3. The van der Waals surface area contributed by atoms with Crippen molar-refractivity contribution in [2.24, 2.45) is 0 Å². The molecule has 1 aliphatic heterocycles. The summed E-state index contributed by atoms with van der Waals surface area (Å²) in [6.45, 7) is 1.70. The molecule has 0 radical (unpaired) electrons. The predicted octanol–water partition coefficient (Wildman–Crippen LogP) is 4.46. The minimum absolute atomic E-state index is 0.0271. The molecule has 0 aliphatic carbocycles. The quantitative estimate of drug-likeness (QED) is 0.516. The van der Waals surface area contributed by atoms with Gasteiger partial charge in [-0.25, -0.2) is 9.78 Å². The van der Waals surface area contributed by atoms with Gasteiger partial charge in [0, 0.05) is 5.56 Å². The summed E-state index contributed by atoms with van der Waals surface area (Å²) in [7, 11) is 0. The second-order valence-corrected chi connectivity index (χ2v) is 7.49. The van der Waals surface area contributed by atoms with E-state index in [0.29, 0.717) is 11.7 Å². The van der Waals surface area contributed by atoms with Gasteiger partial charge in [0.1, 0.15) is 12.1 Å². The Morgan fingerprint density at radius 2 is 1.70 bits per heavy atom. The van der Waals surface area contributed by atoms with Crippen molar-refractivity contribution in [2.75, 3.05) is 0 Å². The molecular weight excluding hydrogens is 378 g/mol. The SMILES string of the molecule is CC1(c2ccc3ccccc3c2)NC(=O)N(Cc2ncc(-c3ccccc3)o2)C1=O. The first-order valence-electron chi connectivity index (χ1n) is 9.68. The van der Waals surface area contributed by atoms with Crippen molar-refractivity contribution in [3.05, 3.63) is 90.4 Å². The summed E-state index contributed by atoms with van der Waals surface area (Å²) in [6.07, 6.45) is 1.60. The van der Waals surface area contributed by atoms with Gasteiger partial charge in [-0.1, -0.05) is 66.7 Å². The van der Waals surface area contributed by atoms with Crippen molar-refractivity contribution in [3.63, 3.8) is 0 Å². The molecule has 3 amide bonds. The summed E-state index contributed by atoms with van der Waals surface area (Å²) in [6, 6.07) is 22.8. The Labute approximate surface area is 173 Å². The highest BCUT2D eigenvalue weighted by molar-refractivity contribution is 6.07. The van der Waals surface area contributed by atoms with Crippen LogP contribution in [-0.4, -0.2) is 21.8 Å². The number of hydrogen-bond acceptors (Lipinski definition) is 4. The molecule has 0 spiro atoms. The lowest BCUT2D eigenvalue weighted by Crippen LogP contribution is -2.40. The van der Waals surface area contributed by atoms with Gasteiger partial charge in [0.2, 0.25) is 5.89 Å². The van der Waals surface area contributed by atoms with Crippen LogP contribution < -0.4 is 5.32 Å². The first-order valence-corrected chi connectivity index (χ1v) is 9.68. The minimum Gasteiger partial charge on any atom is -0.439 e. The van der Waals surface area contributed by atoms with E-state index in [1.54, 1.807) is 13.1 Å². The van der Waals surface area contributed by atoms with E-state index in [4.69, 9.17) is 4.42 Å². The minimum atomic E-state index is -1.14. The molecule has 1 aromatic heterocycles. The Morgan fingerprint density at radius 1 is 0.967 bits per heavy atom. The Balaban J connectivity index is 1.42. The van der Waals surface area contributed by atoms with E-state index in [2.05, 4.69) is 10.3 Å². The van der Waals surface area contributed by atoms with E-state index in [1.807, 2.05) is 72.8 Å². The molecule has 5 rings (SSSR count). The van der Waals surface area contributed by atoms with Crippen molar-refractivity contribution in [3.8, 4) is 11.3 Å². The lowest BCUT2D eigenvalue weighted by atomic mass is 9.90. The largest absolute Gasteiger partial charge is 0.439 e. The molecule has 1 unspecified atom stereocenters. The van der Waals surface area contributed by atoms with E-state index >= 15 is 0 Å². The summed E-state index contributed by atoms with van der Waals surface area (Å²) in [4.78, 5) is 31.3. The molecule has 2 heterocycles. The molecule has 1 fully saturated rings. The van der Waals surface area contributed by atoms with Gasteiger partial charge in [-0.15, -0.1) is 0 Å². The monoisotopic (exact) mass is 397 g/mol. The summed E-state index contributed by atoms with van der Waals surface area (Å²) < 4.78 is 5.77. The van der Waals surface area contributed by atoms with E-state index in [-0.39, 0.29) is 12.5 Å². The van der Waals surface area contributed by atoms with Crippen LogP contribution in [0, 0.1) is 0 Å². The molecule has 1 N–H and O–H groups in total. The molecular formula is C24H19N3O3. The van der Waals surface area contributed by atoms with Gasteiger partial charge in [-0.3, -0.25) is 9.69 Å². The van der Waals surface area contributed by atoms with Crippen molar-refractivity contribution in [2.45, 2.75) is 19.0 Å². The number of aromatic nitrogens is 1. The Hall–Kier alpha value is -3.93. The summed E-state index contributed by atoms with van der Waals surface area (Å²) in [5, 5.41) is 4.92. The van der Waals surface area contributed by atoms with Crippen LogP contribution in [-0.2, 0) is 16.9 Å². The second kappa shape index (κ2) is 6.84. The van der Waals surface area contributed by atoms with E-state index in [0.717, 1.165) is 26.8 Å². The van der Waals surface area contributed by atoms with Gasteiger partial charge in [0.05, 0.1) is 6.20 Å².